The number of hydrogen-bond donors (Lipinski definition) is 2. The Labute approximate surface area is 144 Å². The quantitative estimate of drug-likeness (QED) is 0.810. The molecular formula is C18H27N3OS. The van der Waals surface area contributed by atoms with E-state index in [9.17, 15) is 4.79 Å². The fourth-order valence-electron chi connectivity index (χ4n) is 3.14. The van der Waals surface area contributed by atoms with Crippen LogP contribution in [0, 0.1) is 6.92 Å². The second-order valence-corrected chi connectivity index (χ2v) is 7.47. The fourth-order valence-corrected chi connectivity index (χ4v) is 3.69. The van der Waals surface area contributed by atoms with Crippen molar-refractivity contribution < 1.29 is 4.79 Å². The van der Waals surface area contributed by atoms with E-state index in [1.54, 1.807) is 0 Å². The van der Waals surface area contributed by atoms with Crippen LogP contribution in [-0.4, -0.2) is 34.0 Å². The lowest BCUT2D eigenvalue weighted by Crippen LogP contribution is -2.60. The summed E-state index contributed by atoms with van der Waals surface area (Å²) in [5.41, 5.74) is 2.06. The van der Waals surface area contributed by atoms with E-state index in [1.165, 1.54) is 0 Å². The number of aryl methyl sites for hydroxylation is 1. The van der Waals surface area contributed by atoms with Crippen molar-refractivity contribution in [3.05, 3.63) is 29.8 Å². The topological polar surface area (TPSA) is 44.4 Å². The number of rotatable bonds is 5. The van der Waals surface area contributed by atoms with E-state index in [0.717, 1.165) is 35.7 Å². The Kier molecular flexibility index (Phi) is 5.63. The zero-order valence-corrected chi connectivity index (χ0v) is 15.3. The van der Waals surface area contributed by atoms with Gasteiger partial charge >= 0.3 is 0 Å². The van der Waals surface area contributed by atoms with E-state index in [1.807, 2.05) is 31.2 Å². The SMILES string of the molecule is Cc1cccc(NC(=O)CCCN2C(=S)NC(C)(C)CC2C)c1. The zero-order chi connectivity index (χ0) is 17.0. The van der Waals surface area contributed by atoms with Crippen LogP contribution in [0.2, 0.25) is 0 Å². The molecule has 1 aliphatic heterocycles. The lowest BCUT2D eigenvalue weighted by atomic mass is 9.93. The van der Waals surface area contributed by atoms with Gasteiger partial charge in [-0.25, -0.2) is 0 Å². The van der Waals surface area contributed by atoms with E-state index in [-0.39, 0.29) is 11.4 Å². The van der Waals surface area contributed by atoms with Crippen molar-refractivity contribution in [1.82, 2.24) is 10.2 Å². The van der Waals surface area contributed by atoms with E-state index < -0.39 is 0 Å². The average Bonchev–Trinajstić information content (AvgIpc) is 2.40. The molecule has 2 N–H and O–H groups in total. The summed E-state index contributed by atoms with van der Waals surface area (Å²) in [5.74, 6) is 0.0551. The van der Waals surface area contributed by atoms with Crippen molar-refractivity contribution in [2.45, 2.75) is 58.5 Å². The molecule has 2 rings (SSSR count). The molecule has 0 radical (unpaired) electrons. The second-order valence-electron chi connectivity index (χ2n) is 7.08. The summed E-state index contributed by atoms with van der Waals surface area (Å²) in [7, 11) is 0. The predicted molar refractivity (Wildman–Crippen MR) is 99.6 cm³/mol. The monoisotopic (exact) mass is 333 g/mol. The highest BCUT2D eigenvalue weighted by atomic mass is 32.1. The Morgan fingerprint density at radius 1 is 1.48 bits per heavy atom. The summed E-state index contributed by atoms with van der Waals surface area (Å²) in [4.78, 5) is 14.2. The summed E-state index contributed by atoms with van der Waals surface area (Å²) < 4.78 is 0. The van der Waals surface area contributed by atoms with Crippen LogP contribution in [0.25, 0.3) is 0 Å². The van der Waals surface area contributed by atoms with Gasteiger partial charge in [-0.3, -0.25) is 4.79 Å². The highest BCUT2D eigenvalue weighted by Gasteiger charge is 2.32. The van der Waals surface area contributed by atoms with Crippen molar-refractivity contribution in [3.63, 3.8) is 0 Å². The number of carbonyl (C=O) groups is 1. The molecule has 1 aromatic rings. The van der Waals surface area contributed by atoms with Crippen molar-refractivity contribution in [2.75, 3.05) is 11.9 Å². The molecule has 0 aliphatic carbocycles. The van der Waals surface area contributed by atoms with Crippen LogP contribution in [0.4, 0.5) is 5.69 Å². The van der Waals surface area contributed by atoms with Crippen molar-refractivity contribution >= 4 is 28.9 Å². The van der Waals surface area contributed by atoms with Gasteiger partial charge in [0.15, 0.2) is 5.11 Å². The number of anilines is 1. The third-order valence-electron chi connectivity index (χ3n) is 4.15. The van der Waals surface area contributed by atoms with Crippen LogP contribution in [0.15, 0.2) is 24.3 Å². The minimum Gasteiger partial charge on any atom is -0.358 e. The first-order valence-electron chi connectivity index (χ1n) is 8.22. The van der Waals surface area contributed by atoms with Crippen molar-refractivity contribution in [1.29, 1.82) is 0 Å². The van der Waals surface area contributed by atoms with Gasteiger partial charge in [0.1, 0.15) is 0 Å². The Bertz CT molecular complexity index is 585. The van der Waals surface area contributed by atoms with Gasteiger partial charge in [-0.15, -0.1) is 0 Å². The Morgan fingerprint density at radius 3 is 2.87 bits per heavy atom. The predicted octanol–water partition coefficient (Wildman–Crippen LogP) is 3.46. The van der Waals surface area contributed by atoms with Gasteiger partial charge in [0, 0.05) is 30.2 Å². The minimum atomic E-state index is 0.0511. The summed E-state index contributed by atoms with van der Waals surface area (Å²) >= 11 is 5.47. The molecule has 0 spiro atoms. The number of carbonyl (C=O) groups excluding carboxylic acids is 1. The zero-order valence-electron chi connectivity index (χ0n) is 14.5. The Hall–Kier alpha value is -1.62. The first-order chi connectivity index (χ1) is 10.8. The van der Waals surface area contributed by atoms with Gasteiger partial charge in [0.25, 0.3) is 0 Å². The lowest BCUT2D eigenvalue weighted by molar-refractivity contribution is -0.116. The number of nitrogens with zero attached hydrogens (tertiary/aromatic N) is 1. The van der Waals surface area contributed by atoms with Crippen LogP contribution >= 0.6 is 12.2 Å². The number of thiocarbonyl (C=S) groups is 1. The van der Waals surface area contributed by atoms with E-state index in [0.29, 0.717) is 12.5 Å². The molecule has 5 heteroatoms. The molecule has 0 bridgehead atoms. The molecule has 1 aliphatic rings. The van der Waals surface area contributed by atoms with Crippen LogP contribution in [0.3, 0.4) is 0 Å². The van der Waals surface area contributed by atoms with Crippen molar-refractivity contribution in [3.8, 4) is 0 Å². The van der Waals surface area contributed by atoms with E-state index in [2.05, 4.69) is 36.3 Å². The first kappa shape index (κ1) is 17.7. The van der Waals surface area contributed by atoms with Gasteiger partial charge in [-0.2, -0.15) is 0 Å². The maximum Gasteiger partial charge on any atom is 0.224 e. The molecule has 0 saturated carbocycles. The number of nitrogens with one attached hydrogen (secondary N) is 2. The largest absolute Gasteiger partial charge is 0.358 e. The van der Waals surface area contributed by atoms with Gasteiger partial charge in [0.05, 0.1) is 0 Å². The second kappa shape index (κ2) is 7.30. The normalized spacial score (nSPS) is 20.1. The molecule has 1 saturated heterocycles. The van der Waals surface area contributed by atoms with Gasteiger partial charge in [-0.1, -0.05) is 12.1 Å². The molecular weight excluding hydrogens is 306 g/mol. The first-order valence-corrected chi connectivity index (χ1v) is 8.63. The molecule has 1 atom stereocenters. The van der Waals surface area contributed by atoms with Gasteiger partial charge < -0.3 is 15.5 Å². The summed E-state index contributed by atoms with van der Waals surface area (Å²) in [6.45, 7) is 9.36. The Balaban J connectivity index is 1.78. The average molecular weight is 334 g/mol. The summed E-state index contributed by atoms with van der Waals surface area (Å²) in [6.07, 6.45) is 2.34. The Morgan fingerprint density at radius 2 is 2.22 bits per heavy atom. The van der Waals surface area contributed by atoms with Gasteiger partial charge in [0.2, 0.25) is 5.91 Å². The number of benzene rings is 1. The lowest BCUT2D eigenvalue weighted by Gasteiger charge is -2.44. The number of amides is 1. The third-order valence-corrected chi connectivity index (χ3v) is 4.49. The molecule has 23 heavy (non-hydrogen) atoms. The van der Waals surface area contributed by atoms with E-state index in [4.69, 9.17) is 12.2 Å². The summed E-state index contributed by atoms with van der Waals surface area (Å²) in [5, 5.41) is 7.13. The summed E-state index contributed by atoms with van der Waals surface area (Å²) in [6, 6.07) is 8.26. The minimum absolute atomic E-state index is 0.0511. The highest BCUT2D eigenvalue weighted by molar-refractivity contribution is 7.80. The number of hydrogen-bond acceptors (Lipinski definition) is 2. The maximum atomic E-state index is 12.1. The standard InChI is InChI=1S/C18H27N3OS/c1-13-7-5-8-15(11-13)19-16(22)9-6-10-21-14(2)12-18(3,4)20-17(21)23/h5,7-8,11,14H,6,9-10,12H2,1-4H3,(H,19,22)(H,20,23). The molecule has 0 aromatic heterocycles. The molecule has 1 fully saturated rings. The van der Waals surface area contributed by atoms with Crippen LogP contribution in [0.5, 0.6) is 0 Å². The molecule has 1 unspecified atom stereocenters. The molecule has 1 aromatic carbocycles. The van der Waals surface area contributed by atoms with Crippen LogP contribution in [-0.2, 0) is 4.79 Å². The molecule has 1 amide bonds. The van der Waals surface area contributed by atoms with E-state index >= 15 is 0 Å². The van der Waals surface area contributed by atoms with Crippen LogP contribution < -0.4 is 10.6 Å². The smallest absolute Gasteiger partial charge is 0.224 e. The molecule has 4 nitrogen and oxygen atoms in total. The highest BCUT2D eigenvalue weighted by Crippen LogP contribution is 2.22. The van der Waals surface area contributed by atoms with Crippen molar-refractivity contribution in [2.24, 2.45) is 0 Å². The van der Waals surface area contributed by atoms with Crippen LogP contribution in [0.1, 0.15) is 45.6 Å². The molecule has 1 heterocycles. The van der Waals surface area contributed by atoms with Gasteiger partial charge in [-0.05, 0) is 70.5 Å². The maximum absolute atomic E-state index is 12.1. The molecule has 126 valence electrons. The third kappa shape index (κ3) is 5.20. The fraction of sp³-hybridized carbons (Fsp3) is 0.556.